The highest BCUT2D eigenvalue weighted by Crippen LogP contribution is 2.11. The first-order valence-electron chi connectivity index (χ1n) is 6.23. The number of hydrogen-bond donors (Lipinski definition) is 1. The van der Waals surface area contributed by atoms with Crippen LogP contribution in [0.25, 0.3) is 0 Å². The van der Waals surface area contributed by atoms with Gasteiger partial charge in [-0.2, -0.15) is 0 Å². The predicted octanol–water partition coefficient (Wildman–Crippen LogP) is 4.26. The van der Waals surface area contributed by atoms with Gasteiger partial charge in [0, 0.05) is 5.69 Å². The van der Waals surface area contributed by atoms with Crippen molar-refractivity contribution in [3.8, 4) is 0 Å². The van der Waals surface area contributed by atoms with Crippen molar-refractivity contribution in [3.05, 3.63) is 65.7 Å². The Morgan fingerprint density at radius 2 is 1.17 bits per heavy atom. The van der Waals surface area contributed by atoms with E-state index >= 15 is 0 Å². The fraction of sp³-hybridized carbons (Fsp3) is 0.250. The first kappa shape index (κ1) is 14.6. The molecule has 2 heteroatoms. The zero-order valence-electron chi connectivity index (χ0n) is 10.5. The van der Waals surface area contributed by atoms with Crippen LogP contribution in [0.2, 0.25) is 0 Å². The number of benzene rings is 2. The lowest BCUT2D eigenvalue weighted by atomic mass is 10.0. The van der Waals surface area contributed by atoms with E-state index in [1.54, 1.807) is 0 Å². The number of nitrogen functional groups attached to an aromatic ring is 1. The maximum Gasteiger partial charge on any atom is 0.0314 e. The monoisotopic (exact) mass is 261 g/mol. The van der Waals surface area contributed by atoms with Gasteiger partial charge in [0.25, 0.3) is 0 Å². The lowest BCUT2D eigenvalue weighted by Crippen LogP contribution is -1.90. The van der Waals surface area contributed by atoms with Gasteiger partial charge in [0.05, 0.1) is 0 Å². The van der Waals surface area contributed by atoms with Crippen LogP contribution in [0.3, 0.4) is 0 Å². The van der Waals surface area contributed by atoms with Crippen molar-refractivity contribution in [2.75, 3.05) is 5.73 Å². The summed E-state index contributed by atoms with van der Waals surface area (Å²) in [5.74, 6) is 0. The lowest BCUT2D eigenvalue weighted by Gasteiger charge is -2.03. The number of aryl methyl sites for hydroxylation is 2. The Kier molecular flexibility index (Phi) is 6.31. The highest BCUT2D eigenvalue weighted by Gasteiger charge is 1.95. The third-order valence-corrected chi connectivity index (χ3v) is 3.00. The minimum absolute atomic E-state index is 0. The second-order valence-corrected chi connectivity index (χ2v) is 4.43. The molecule has 0 saturated heterocycles. The number of unbranched alkanes of at least 4 members (excludes halogenated alkanes) is 1. The van der Waals surface area contributed by atoms with Gasteiger partial charge in [-0.25, -0.2) is 0 Å². The molecule has 0 saturated carbocycles. The van der Waals surface area contributed by atoms with E-state index in [0.29, 0.717) is 0 Å². The van der Waals surface area contributed by atoms with Crippen molar-refractivity contribution in [1.82, 2.24) is 0 Å². The average Bonchev–Trinajstić information content (AvgIpc) is 2.38. The van der Waals surface area contributed by atoms with Crippen LogP contribution in [-0.2, 0) is 12.8 Å². The zero-order valence-corrected chi connectivity index (χ0v) is 11.3. The van der Waals surface area contributed by atoms with Gasteiger partial charge in [-0.1, -0.05) is 42.5 Å². The fourth-order valence-electron chi connectivity index (χ4n) is 1.99. The highest BCUT2D eigenvalue weighted by atomic mass is 35.5. The third kappa shape index (κ3) is 4.80. The van der Waals surface area contributed by atoms with Gasteiger partial charge >= 0.3 is 0 Å². The standard InChI is InChI=1S/C16H19N.ClH/c17-16-12-10-15(11-13-16)9-5-4-8-14-6-2-1-3-7-14;/h1-3,6-7,10-13H,4-5,8-9,17H2;1H. The molecule has 96 valence electrons. The molecule has 0 aliphatic carbocycles. The number of hydrogen-bond acceptors (Lipinski definition) is 1. The summed E-state index contributed by atoms with van der Waals surface area (Å²) < 4.78 is 0. The van der Waals surface area contributed by atoms with Crippen molar-refractivity contribution in [1.29, 1.82) is 0 Å². The van der Waals surface area contributed by atoms with Crippen molar-refractivity contribution >= 4 is 18.1 Å². The zero-order chi connectivity index (χ0) is 11.9. The van der Waals surface area contributed by atoms with E-state index in [9.17, 15) is 0 Å². The number of halogens is 1. The lowest BCUT2D eigenvalue weighted by molar-refractivity contribution is 0.734. The van der Waals surface area contributed by atoms with E-state index in [4.69, 9.17) is 5.73 Å². The van der Waals surface area contributed by atoms with Crippen LogP contribution in [0.1, 0.15) is 24.0 Å². The second-order valence-electron chi connectivity index (χ2n) is 4.43. The van der Waals surface area contributed by atoms with Gasteiger partial charge < -0.3 is 5.73 Å². The van der Waals surface area contributed by atoms with Crippen LogP contribution >= 0.6 is 12.4 Å². The molecule has 0 aromatic heterocycles. The molecule has 0 radical (unpaired) electrons. The molecule has 0 aliphatic heterocycles. The number of anilines is 1. The number of rotatable bonds is 5. The molecular formula is C16H20ClN. The van der Waals surface area contributed by atoms with Gasteiger partial charge in [0.2, 0.25) is 0 Å². The summed E-state index contributed by atoms with van der Waals surface area (Å²) in [6.07, 6.45) is 4.80. The van der Waals surface area contributed by atoms with Crippen LogP contribution in [-0.4, -0.2) is 0 Å². The maximum atomic E-state index is 5.66. The second kappa shape index (κ2) is 7.78. The van der Waals surface area contributed by atoms with Crippen LogP contribution in [0.4, 0.5) is 5.69 Å². The van der Waals surface area contributed by atoms with Crippen LogP contribution in [0.5, 0.6) is 0 Å². The smallest absolute Gasteiger partial charge is 0.0314 e. The Morgan fingerprint density at radius 3 is 1.72 bits per heavy atom. The summed E-state index contributed by atoms with van der Waals surface area (Å²) in [4.78, 5) is 0. The van der Waals surface area contributed by atoms with E-state index in [1.165, 1.54) is 30.4 Å². The first-order chi connectivity index (χ1) is 8.34. The molecule has 0 aliphatic rings. The highest BCUT2D eigenvalue weighted by molar-refractivity contribution is 5.85. The SMILES string of the molecule is Cl.Nc1ccc(CCCCc2ccccc2)cc1. The van der Waals surface area contributed by atoms with Gasteiger partial charge in [0.1, 0.15) is 0 Å². The summed E-state index contributed by atoms with van der Waals surface area (Å²) in [6.45, 7) is 0. The Bertz CT molecular complexity index is 436. The van der Waals surface area contributed by atoms with E-state index in [1.807, 2.05) is 12.1 Å². The topological polar surface area (TPSA) is 26.0 Å². The Balaban J connectivity index is 0.00000162. The Morgan fingerprint density at radius 1 is 0.667 bits per heavy atom. The van der Waals surface area contributed by atoms with E-state index in [-0.39, 0.29) is 12.4 Å². The predicted molar refractivity (Wildman–Crippen MR) is 81.2 cm³/mol. The van der Waals surface area contributed by atoms with Crippen molar-refractivity contribution < 1.29 is 0 Å². The molecule has 0 spiro atoms. The molecule has 2 aromatic carbocycles. The molecule has 18 heavy (non-hydrogen) atoms. The van der Waals surface area contributed by atoms with Crippen LogP contribution in [0.15, 0.2) is 54.6 Å². The molecule has 0 fully saturated rings. The maximum absolute atomic E-state index is 5.66. The van der Waals surface area contributed by atoms with E-state index < -0.39 is 0 Å². The molecule has 0 bridgehead atoms. The van der Waals surface area contributed by atoms with Crippen LogP contribution in [0, 0.1) is 0 Å². The molecule has 0 atom stereocenters. The van der Waals surface area contributed by atoms with E-state index in [2.05, 4.69) is 42.5 Å². The molecule has 1 nitrogen and oxygen atoms in total. The van der Waals surface area contributed by atoms with Crippen molar-refractivity contribution in [2.45, 2.75) is 25.7 Å². The fourth-order valence-corrected chi connectivity index (χ4v) is 1.99. The molecule has 0 unspecified atom stereocenters. The Hall–Kier alpha value is -1.47. The minimum Gasteiger partial charge on any atom is -0.399 e. The summed E-state index contributed by atoms with van der Waals surface area (Å²) in [7, 11) is 0. The molecule has 2 rings (SSSR count). The first-order valence-corrected chi connectivity index (χ1v) is 6.23. The largest absolute Gasteiger partial charge is 0.399 e. The van der Waals surface area contributed by atoms with Crippen molar-refractivity contribution in [3.63, 3.8) is 0 Å². The third-order valence-electron chi connectivity index (χ3n) is 3.00. The van der Waals surface area contributed by atoms with Gasteiger partial charge in [-0.05, 0) is 48.9 Å². The summed E-state index contributed by atoms with van der Waals surface area (Å²) >= 11 is 0. The quantitative estimate of drug-likeness (QED) is 0.632. The normalized spacial score (nSPS) is 9.78. The number of nitrogens with two attached hydrogens (primary N) is 1. The average molecular weight is 262 g/mol. The summed E-state index contributed by atoms with van der Waals surface area (Å²) in [5.41, 5.74) is 9.32. The Labute approximate surface area is 115 Å². The molecule has 0 heterocycles. The van der Waals surface area contributed by atoms with E-state index in [0.717, 1.165) is 12.1 Å². The summed E-state index contributed by atoms with van der Waals surface area (Å²) in [6, 6.07) is 18.9. The van der Waals surface area contributed by atoms with Gasteiger partial charge in [-0.3, -0.25) is 0 Å². The molecule has 2 aromatic rings. The minimum atomic E-state index is 0. The van der Waals surface area contributed by atoms with Gasteiger partial charge in [-0.15, -0.1) is 12.4 Å². The van der Waals surface area contributed by atoms with Crippen LogP contribution < -0.4 is 5.73 Å². The summed E-state index contributed by atoms with van der Waals surface area (Å²) in [5, 5.41) is 0. The van der Waals surface area contributed by atoms with Crippen molar-refractivity contribution in [2.24, 2.45) is 0 Å². The molecule has 0 amide bonds. The molecule has 2 N–H and O–H groups in total. The molecular weight excluding hydrogens is 242 g/mol. The van der Waals surface area contributed by atoms with Gasteiger partial charge in [0.15, 0.2) is 0 Å².